The van der Waals surface area contributed by atoms with E-state index >= 15 is 0 Å². The molecule has 0 saturated carbocycles. The smallest absolute Gasteiger partial charge is 0.255 e. The lowest BCUT2D eigenvalue weighted by molar-refractivity contribution is 0.0896. The van der Waals surface area contributed by atoms with Crippen LogP contribution < -0.4 is 10.6 Å². The van der Waals surface area contributed by atoms with Crippen LogP contribution in [-0.2, 0) is 0 Å². The normalized spacial score (nSPS) is 26.6. The lowest BCUT2D eigenvalue weighted by Crippen LogP contribution is -2.55. The summed E-state index contributed by atoms with van der Waals surface area (Å²) in [5.41, 5.74) is 0.650. The second-order valence-corrected chi connectivity index (χ2v) is 5.33. The summed E-state index contributed by atoms with van der Waals surface area (Å²) in [6, 6.07) is 2.29. The molecule has 0 spiro atoms. The molecule has 0 aromatic carbocycles. The molecule has 1 aromatic rings. The van der Waals surface area contributed by atoms with Crippen molar-refractivity contribution >= 4 is 18.3 Å². The van der Waals surface area contributed by atoms with Crippen LogP contribution in [0.4, 0.5) is 0 Å². The van der Waals surface area contributed by atoms with Crippen molar-refractivity contribution in [3.63, 3.8) is 0 Å². The van der Waals surface area contributed by atoms with Crippen molar-refractivity contribution in [1.29, 1.82) is 0 Å². The predicted octanol–water partition coefficient (Wildman–Crippen LogP) is 2.43. The van der Waals surface area contributed by atoms with E-state index in [-0.39, 0.29) is 24.4 Å². The molecule has 2 rings (SSSR count). The van der Waals surface area contributed by atoms with Crippen LogP contribution in [-0.4, -0.2) is 24.5 Å². The Morgan fingerprint density at radius 2 is 2.11 bits per heavy atom. The molecular weight excluding hydrogens is 264 g/mol. The molecule has 1 aliphatic rings. The van der Waals surface area contributed by atoms with Crippen molar-refractivity contribution in [3.05, 3.63) is 23.2 Å². The molecule has 1 aromatic heterocycles. The fraction of sp³-hybridized carbons (Fsp3) is 0.643. The second kappa shape index (κ2) is 6.44. The summed E-state index contributed by atoms with van der Waals surface area (Å²) in [6.07, 6.45) is 1.10. The quantitative estimate of drug-likeness (QED) is 0.878. The highest BCUT2D eigenvalue weighted by atomic mass is 35.5. The molecule has 1 aliphatic heterocycles. The molecule has 1 amide bonds. The molecule has 19 heavy (non-hydrogen) atoms. The van der Waals surface area contributed by atoms with Gasteiger partial charge in [-0.1, -0.05) is 6.92 Å². The minimum absolute atomic E-state index is 0. The third-order valence-corrected chi connectivity index (χ3v) is 3.80. The Labute approximate surface area is 120 Å². The third-order valence-electron chi connectivity index (χ3n) is 3.80. The minimum Gasteiger partial charge on any atom is -0.466 e. The van der Waals surface area contributed by atoms with Crippen LogP contribution in [0.15, 0.2) is 10.5 Å². The van der Waals surface area contributed by atoms with Crippen molar-refractivity contribution in [2.75, 3.05) is 6.54 Å². The number of halogens is 1. The molecule has 108 valence electrons. The lowest BCUT2D eigenvalue weighted by atomic mass is 9.89. The predicted molar refractivity (Wildman–Crippen MR) is 77.9 cm³/mol. The van der Waals surface area contributed by atoms with Crippen LogP contribution in [0.1, 0.15) is 42.1 Å². The van der Waals surface area contributed by atoms with Gasteiger partial charge in [0.15, 0.2) is 0 Å². The van der Waals surface area contributed by atoms with Gasteiger partial charge >= 0.3 is 0 Å². The number of carbonyl (C=O) groups is 1. The highest BCUT2D eigenvalue weighted by Crippen LogP contribution is 2.18. The fourth-order valence-corrected chi connectivity index (χ4v) is 2.69. The maximum Gasteiger partial charge on any atom is 0.255 e. The largest absolute Gasteiger partial charge is 0.466 e. The topological polar surface area (TPSA) is 54.3 Å². The zero-order valence-corrected chi connectivity index (χ0v) is 12.8. The summed E-state index contributed by atoms with van der Waals surface area (Å²) < 4.78 is 5.40. The monoisotopic (exact) mass is 286 g/mol. The number of piperidine rings is 1. The van der Waals surface area contributed by atoms with Gasteiger partial charge in [-0.25, -0.2) is 0 Å². The van der Waals surface area contributed by atoms with Crippen molar-refractivity contribution in [3.8, 4) is 0 Å². The summed E-state index contributed by atoms with van der Waals surface area (Å²) in [7, 11) is 0. The number of furan rings is 1. The van der Waals surface area contributed by atoms with E-state index in [0.29, 0.717) is 23.3 Å². The standard InChI is InChI=1S/C14H22N2O2.ClH/c1-8-5-6-15-10(3)13(8)16-14(17)12-7-9(2)18-11(12)4;/h7-8,10,13,15H,5-6H2,1-4H3,(H,16,17);1H. The maximum atomic E-state index is 12.2. The molecule has 5 heteroatoms. The Kier molecular flexibility index (Phi) is 5.44. The maximum absolute atomic E-state index is 12.2. The van der Waals surface area contributed by atoms with Crippen LogP contribution in [0.3, 0.4) is 0 Å². The average Bonchev–Trinajstić information content (AvgIpc) is 2.63. The van der Waals surface area contributed by atoms with E-state index in [1.54, 1.807) is 6.07 Å². The number of hydrogen-bond donors (Lipinski definition) is 2. The fourth-order valence-electron chi connectivity index (χ4n) is 2.69. The van der Waals surface area contributed by atoms with Gasteiger partial charge in [0, 0.05) is 12.1 Å². The van der Waals surface area contributed by atoms with Crippen molar-refractivity contribution in [2.24, 2.45) is 5.92 Å². The molecule has 1 saturated heterocycles. The highest BCUT2D eigenvalue weighted by Gasteiger charge is 2.29. The van der Waals surface area contributed by atoms with Gasteiger partial charge < -0.3 is 15.1 Å². The van der Waals surface area contributed by atoms with E-state index in [4.69, 9.17) is 4.42 Å². The zero-order valence-electron chi connectivity index (χ0n) is 11.9. The summed E-state index contributed by atoms with van der Waals surface area (Å²) in [5, 5.41) is 6.53. The highest BCUT2D eigenvalue weighted by molar-refractivity contribution is 5.95. The first-order valence-electron chi connectivity index (χ1n) is 6.60. The van der Waals surface area contributed by atoms with E-state index in [1.807, 2.05) is 13.8 Å². The molecule has 0 aliphatic carbocycles. The second-order valence-electron chi connectivity index (χ2n) is 5.33. The van der Waals surface area contributed by atoms with Gasteiger partial charge in [0.05, 0.1) is 5.56 Å². The molecule has 0 radical (unpaired) electrons. The van der Waals surface area contributed by atoms with Crippen molar-refractivity contribution in [2.45, 2.75) is 46.2 Å². The molecule has 4 nitrogen and oxygen atoms in total. The Hall–Kier alpha value is -1.000. The minimum atomic E-state index is -0.0308. The van der Waals surface area contributed by atoms with Crippen LogP contribution in [0.25, 0.3) is 0 Å². The van der Waals surface area contributed by atoms with Crippen LogP contribution >= 0.6 is 12.4 Å². The van der Waals surface area contributed by atoms with Gasteiger partial charge in [0.25, 0.3) is 5.91 Å². The van der Waals surface area contributed by atoms with E-state index in [2.05, 4.69) is 24.5 Å². The van der Waals surface area contributed by atoms with Crippen LogP contribution in [0.5, 0.6) is 0 Å². The van der Waals surface area contributed by atoms with E-state index in [0.717, 1.165) is 18.7 Å². The van der Waals surface area contributed by atoms with Gasteiger partial charge in [0.2, 0.25) is 0 Å². The van der Waals surface area contributed by atoms with E-state index in [9.17, 15) is 4.79 Å². The third kappa shape index (κ3) is 3.51. The number of nitrogens with one attached hydrogen (secondary N) is 2. The van der Waals surface area contributed by atoms with E-state index in [1.165, 1.54) is 0 Å². The summed E-state index contributed by atoms with van der Waals surface area (Å²) in [5.74, 6) is 1.94. The summed E-state index contributed by atoms with van der Waals surface area (Å²) >= 11 is 0. The summed E-state index contributed by atoms with van der Waals surface area (Å²) in [4.78, 5) is 12.2. The Morgan fingerprint density at radius 3 is 2.63 bits per heavy atom. The number of rotatable bonds is 2. The first-order chi connectivity index (χ1) is 8.49. The van der Waals surface area contributed by atoms with Gasteiger partial charge in [-0.3, -0.25) is 4.79 Å². The first kappa shape index (κ1) is 16.1. The zero-order chi connectivity index (χ0) is 13.3. The number of carbonyl (C=O) groups excluding carboxylic acids is 1. The molecule has 1 fully saturated rings. The number of aryl methyl sites for hydroxylation is 2. The molecule has 0 bridgehead atoms. The summed E-state index contributed by atoms with van der Waals surface area (Å²) in [6.45, 7) is 9.02. The number of hydrogen-bond acceptors (Lipinski definition) is 3. The van der Waals surface area contributed by atoms with Gasteiger partial charge in [0.1, 0.15) is 11.5 Å². The Morgan fingerprint density at radius 1 is 1.42 bits per heavy atom. The number of amides is 1. The van der Waals surface area contributed by atoms with Crippen LogP contribution in [0, 0.1) is 19.8 Å². The SMILES string of the molecule is Cc1cc(C(=O)NC2C(C)CCNC2C)c(C)o1.Cl. The Bertz CT molecular complexity index is 435. The molecule has 3 atom stereocenters. The van der Waals surface area contributed by atoms with Gasteiger partial charge in [-0.2, -0.15) is 0 Å². The van der Waals surface area contributed by atoms with Gasteiger partial charge in [-0.15, -0.1) is 12.4 Å². The van der Waals surface area contributed by atoms with Gasteiger partial charge in [-0.05, 0) is 45.7 Å². The van der Waals surface area contributed by atoms with Crippen molar-refractivity contribution < 1.29 is 9.21 Å². The van der Waals surface area contributed by atoms with E-state index < -0.39 is 0 Å². The molecular formula is C14H23ClN2O2. The average molecular weight is 287 g/mol. The van der Waals surface area contributed by atoms with Crippen LogP contribution in [0.2, 0.25) is 0 Å². The van der Waals surface area contributed by atoms with Crippen molar-refractivity contribution in [1.82, 2.24) is 10.6 Å². The Balaban J connectivity index is 0.00000180. The molecule has 3 unspecified atom stereocenters. The first-order valence-corrected chi connectivity index (χ1v) is 6.60. The molecule has 2 N–H and O–H groups in total. The lowest BCUT2D eigenvalue weighted by Gasteiger charge is -2.35. The molecule has 2 heterocycles.